The van der Waals surface area contributed by atoms with E-state index in [4.69, 9.17) is 11.6 Å². The number of para-hydroxylation sites is 1. The highest BCUT2D eigenvalue weighted by Gasteiger charge is 2.10. The summed E-state index contributed by atoms with van der Waals surface area (Å²) >= 11 is 6.11. The Morgan fingerprint density at radius 2 is 2.24 bits per heavy atom. The Balaban J connectivity index is 2.75. The van der Waals surface area contributed by atoms with E-state index in [2.05, 4.69) is 11.3 Å². The molecule has 0 N–H and O–H groups in total. The highest BCUT2D eigenvalue weighted by atomic mass is 35.5. The summed E-state index contributed by atoms with van der Waals surface area (Å²) in [5.74, 6) is -0.230. The van der Waals surface area contributed by atoms with Gasteiger partial charge in [0.2, 0.25) is 0 Å². The van der Waals surface area contributed by atoms with Crippen molar-refractivity contribution in [2.75, 3.05) is 25.1 Å². The summed E-state index contributed by atoms with van der Waals surface area (Å²) in [6.45, 7) is 4.90. The molecular formula is C13H16ClNO2. The number of carbonyl (C=O) groups excluding carboxylic acids is 1. The van der Waals surface area contributed by atoms with Gasteiger partial charge in [0.1, 0.15) is 0 Å². The van der Waals surface area contributed by atoms with Crippen molar-refractivity contribution in [2.24, 2.45) is 0 Å². The number of esters is 1. The van der Waals surface area contributed by atoms with Crippen molar-refractivity contribution in [2.45, 2.75) is 6.42 Å². The molecule has 1 aromatic rings. The zero-order valence-corrected chi connectivity index (χ0v) is 10.6. The molecule has 0 unspecified atom stereocenters. The van der Waals surface area contributed by atoms with Crippen molar-refractivity contribution in [3.05, 3.63) is 41.9 Å². The summed E-state index contributed by atoms with van der Waals surface area (Å²) in [5.41, 5.74) is 0.901. The van der Waals surface area contributed by atoms with Gasteiger partial charge in [-0.3, -0.25) is 4.79 Å². The Bertz CT molecular complexity index is 393. The maximum absolute atomic E-state index is 11.1. The summed E-state index contributed by atoms with van der Waals surface area (Å²) in [4.78, 5) is 13.1. The number of rotatable bonds is 6. The molecule has 0 aliphatic carbocycles. The number of anilines is 1. The first-order chi connectivity index (χ1) is 8.19. The van der Waals surface area contributed by atoms with Crippen LogP contribution in [0.3, 0.4) is 0 Å². The van der Waals surface area contributed by atoms with E-state index < -0.39 is 0 Å². The van der Waals surface area contributed by atoms with Crippen LogP contribution in [0.1, 0.15) is 6.42 Å². The quantitative estimate of drug-likeness (QED) is 0.577. The fourth-order valence-electron chi connectivity index (χ4n) is 1.50. The molecule has 1 aromatic carbocycles. The van der Waals surface area contributed by atoms with Gasteiger partial charge in [-0.15, -0.1) is 6.58 Å². The molecule has 0 atom stereocenters. The summed E-state index contributed by atoms with van der Waals surface area (Å²) in [7, 11) is 1.38. The number of benzene rings is 1. The van der Waals surface area contributed by atoms with Gasteiger partial charge in [-0.1, -0.05) is 29.8 Å². The van der Waals surface area contributed by atoms with Gasteiger partial charge >= 0.3 is 5.97 Å². The van der Waals surface area contributed by atoms with Gasteiger partial charge in [-0.05, 0) is 12.1 Å². The van der Waals surface area contributed by atoms with E-state index in [1.165, 1.54) is 7.11 Å². The molecule has 0 heterocycles. The van der Waals surface area contributed by atoms with Crippen LogP contribution in [-0.4, -0.2) is 26.2 Å². The smallest absolute Gasteiger partial charge is 0.307 e. The Labute approximate surface area is 107 Å². The summed E-state index contributed by atoms with van der Waals surface area (Å²) in [5, 5.41) is 0.666. The van der Waals surface area contributed by atoms with Crippen LogP contribution < -0.4 is 4.90 Å². The third-order valence-electron chi connectivity index (χ3n) is 2.36. The van der Waals surface area contributed by atoms with E-state index in [9.17, 15) is 4.79 Å². The molecule has 0 bridgehead atoms. The molecule has 0 saturated heterocycles. The maximum Gasteiger partial charge on any atom is 0.307 e. The second-order valence-electron chi connectivity index (χ2n) is 3.51. The van der Waals surface area contributed by atoms with Crippen molar-refractivity contribution in [1.82, 2.24) is 0 Å². The molecule has 0 aliphatic heterocycles. The average Bonchev–Trinajstić information content (AvgIpc) is 2.35. The molecule has 0 radical (unpaired) electrons. The minimum absolute atomic E-state index is 0.230. The minimum Gasteiger partial charge on any atom is -0.469 e. The molecule has 3 nitrogen and oxygen atoms in total. The molecule has 4 heteroatoms. The maximum atomic E-state index is 11.1. The van der Waals surface area contributed by atoms with Gasteiger partial charge in [0.25, 0.3) is 0 Å². The Kier molecular flexibility index (Phi) is 5.57. The van der Waals surface area contributed by atoms with Crippen molar-refractivity contribution in [3.8, 4) is 0 Å². The summed E-state index contributed by atoms with van der Waals surface area (Å²) in [6.07, 6.45) is 2.11. The topological polar surface area (TPSA) is 29.5 Å². The van der Waals surface area contributed by atoms with E-state index in [1.54, 1.807) is 6.08 Å². The summed E-state index contributed by atoms with van der Waals surface area (Å²) in [6, 6.07) is 7.53. The largest absolute Gasteiger partial charge is 0.469 e. The Hall–Kier alpha value is -1.48. The molecule has 0 aromatic heterocycles. The third kappa shape index (κ3) is 4.11. The first-order valence-electron chi connectivity index (χ1n) is 5.36. The number of nitrogens with zero attached hydrogens (tertiary/aromatic N) is 1. The predicted octanol–water partition coefficient (Wildman–Crippen LogP) is 2.90. The normalized spacial score (nSPS) is 9.76. The zero-order valence-electron chi connectivity index (χ0n) is 9.86. The molecule has 92 valence electrons. The van der Waals surface area contributed by atoms with Crippen LogP contribution in [0.2, 0.25) is 5.02 Å². The summed E-state index contributed by atoms with van der Waals surface area (Å²) < 4.78 is 4.62. The van der Waals surface area contributed by atoms with Gasteiger partial charge in [0, 0.05) is 13.1 Å². The standard InChI is InChI=1S/C13H16ClNO2/c1-3-9-15(10-8-13(16)17-2)12-7-5-4-6-11(12)14/h3-7H,1,8-10H2,2H3. The van der Waals surface area contributed by atoms with Crippen LogP contribution in [0.25, 0.3) is 0 Å². The number of halogens is 1. The van der Waals surface area contributed by atoms with Crippen molar-refractivity contribution in [1.29, 1.82) is 0 Å². The fourth-order valence-corrected chi connectivity index (χ4v) is 1.76. The molecular weight excluding hydrogens is 238 g/mol. The number of hydrogen-bond donors (Lipinski definition) is 0. The Morgan fingerprint density at radius 1 is 1.53 bits per heavy atom. The highest BCUT2D eigenvalue weighted by Crippen LogP contribution is 2.25. The number of ether oxygens (including phenoxy) is 1. The predicted molar refractivity (Wildman–Crippen MR) is 70.5 cm³/mol. The van der Waals surface area contributed by atoms with Crippen LogP contribution in [0.15, 0.2) is 36.9 Å². The first kappa shape index (κ1) is 13.6. The lowest BCUT2D eigenvalue weighted by molar-refractivity contribution is -0.140. The molecule has 0 amide bonds. The highest BCUT2D eigenvalue weighted by molar-refractivity contribution is 6.33. The zero-order chi connectivity index (χ0) is 12.7. The minimum atomic E-state index is -0.230. The second kappa shape index (κ2) is 6.97. The van der Waals surface area contributed by atoms with E-state index in [0.717, 1.165) is 5.69 Å². The first-order valence-corrected chi connectivity index (χ1v) is 5.74. The van der Waals surface area contributed by atoms with Crippen molar-refractivity contribution < 1.29 is 9.53 Å². The van der Waals surface area contributed by atoms with E-state index in [0.29, 0.717) is 24.5 Å². The lowest BCUT2D eigenvalue weighted by Gasteiger charge is -2.23. The molecule has 0 aliphatic rings. The van der Waals surface area contributed by atoms with Crippen molar-refractivity contribution >= 4 is 23.3 Å². The lowest BCUT2D eigenvalue weighted by Crippen LogP contribution is -2.26. The molecule has 0 saturated carbocycles. The van der Waals surface area contributed by atoms with Crippen LogP contribution >= 0.6 is 11.6 Å². The van der Waals surface area contributed by atoms with Gasteiger partial charge in [0.15, 0.2) is 0 Å². The van der Waals surface area contributed by atoms with Gasteiger partial charge in [0.05, 0.1) is 24.2 Å². The second-order valence-corrected chi connectivity index (χ2v) is 3.92. The van der Waals surface area contributed by atoms with E-state index in [-0.39, 0.29) is 5.97 Å². The number of hydrogen-bond acceptors (Lipinski definition) is 3. The Morgan fingerprint density at radius 3 is 2.82 bits per heavy atom. The molecule has 17 heavy (non-hydrogen) atoms. The average molecular weight is 254 g/mol. The van der Waals surface area contributed by atoms with E-state index >= 15 is 0 Å². The molecule has 0 spiro atoms. The number of methoxy groups -OCH3 is 1. The lowest BCUT2D eigenvalue weighted by atomic mass is 10.2. The fraction of sp³-hybridized carbons (Fsp3) is 0.308. The van der Waals surface area contributed by atoms with Crippen LogP contribution in [0, 0.1) is 0 Å². The van der Waals surface area contributed by atoms with Crippen LogP contribution in [0.5, 0.6) is 0 Å². The van der Waals surface area contributed by atoms with Gasteiger partial charge in [-0.25, -0.2) is 0 Å². The monoisotopic (exact) mass is 253 g/mol. The molecule has 0 fully saturated rings. The molecule has 1 rings (SSSR count). The van der Waals surface area contributed by atoms with Gasteiger partial charge < -0.3 is 9.64 Å². The number of carbonyl (C=O) groups is 1. The van der Waals surface area contributed by atoms with Crippen LogP contribution in [-0.2, 0) is 9.53 Å². The van der Waals surface area contributed by atoms with E-state index in [1.807, 2.05) is 29.2 Å². The third-order valence-corrected chi connectivity index (χ3v) is 2.68. The van der Waals surface area contributed by atoms with Crippen molar-refractivity contribution in [3.63, 3.8) is 0 Å². The SMILES string of the molecule is C=CCN(CCC(=O)OC)c1ccccc1Cl. The van der Waals surface area contributed by atoms with Gasteiger partial charge in [-0.2, -0.15) is 0 Å². The van der Waals surface area contributed by atoms with Crippen LogP contribution in [0.4, 0.5) is 5.69 Å².